The van der Waals surface area contributed by atoms with Crippen LogP contribution in [0.5, 0.6) is 0 Å². The first kappa shape index (κ1) is 13.1. The van der Waals surface area contributed by atoms with E-state index < -0.39 is 0 Å². The first-order chi connectivity index (χ1) is 8.40. The second-order valence-electron chi connectivity index (χ2n) is 4.81. The van der Waals surface area contributed by atoms with E-state index in [0.29, 0.717) is 0 Å². The van der Waals surface area contributed by atoms with Crippen molar-refractivity contribution >= 4 is 11.3 Å². The molecule has 0 saturated carbocycles. The van der Waals surface area contributed by atoms with Crippen LogP contribution in [0.15, 0.2) is 11.4 Å². The molecule has 0 aromatic carbocycles. The van der Waals surface area contributed by atoms with Crippen LogP contribution in [-0.2, 0) is 13.0 Å². The van der Waals surface area contributed by atoms with E-state index in [2.05, 4.69) is 28.6 Å². The molecule has 0 spiro atoms. The maximum absolute atomic E-state index is 3.38. The van der Waals surface area contributed by atoms with Crippen LogP contribution in [0, 0.1) is 0 Å². The molecule has 0 atom stereocenters. The summed E-state index contributed by atoms with van der Waals surface area (Å²) < 4.78 is 0. The summed E-state index contributed by atoms with van der Waals surface area (Å²) in [5.41, 5.74) is 1.58. The molecule has 0 bridgehead atoms. The minimum absolute atomic E-state index is 1.10. The zero-order valence-corrected chi connectivity index (χ0v) is 11.7. The van der Waals surface area contributed by atoms with Gasteiger partial charge in [-0.3, -0.25) is 4.90 Å². The van der Waals surface area contributed by atoms with Crippen LogP contribution in [0.2, 0.25) is 0 Å². The van der Waals surface area contributed by atoms with Gasteiger partial charge in [-0.2, -0.15) is 0 Å². The fourth-order valence-corrected chi connectivity index (χ4v) is 3.33. The summed E-state index contributed by atoms with van der Waals surface area (Å²) in [5.74, 6) is 0. The SMILES string of the molecule is CCNCCCCCN1CCc2sccc2C1. The van der Waals surface area contributed by atoms with Crippen LogP contribution in [0.1, 0.15) is 36.6 Å². The number of hydrogen-bond donors (Lipinski definition) is 1. The van der Waals surface area contributed by atoms with E-state index in [-0.39, 0.29) is 0 Å². The highest BCUT2D eigenvalue weighted by atomic mass is 32.1. The highest BCUT2D eigenvalue weighted by Gasteiger charge is 2.16. The van der Waals surface area contributed by atoms with Gasteiger partial charge in [0.15, 0.2) is 0 Å². The first-order valence-electron chi connectivity index (χ1n) is 6.88. The standard InChI is InChI=1S/C14H24N2S/c1-2-15-8-4-3-5-9-16-10-6-14-13(12-16)7-11-17-14/h7,11,15H,2-6,8-10,12H2,1H3. The maximum atomic E-state index is 3.38. The molecule has 1 N–H and O–H groups in total. The number of fused-ring (bicyclic) bond motifs is 1. The third kappa shape index (κ3) is 4.09. The second-order valence-corrected chi connectivity index (χ2v) is 5.81. The summed E-state index contributed by atoms with van der Waals surface area (Å²) in [6.07, 6.45) is 5.31. The van der Waals surface area contributed by atoms with Crippen molar-refractivity contribution in [3.63, 3.8) is 0 Å². The molecular formula is C14H24N2S. The van der Waals surface area contributed by atoms with Crippen molar-refractivity contribution in [2.45, 2.75) is 39.2 Å². The fraction of sp³-hybridized carbons (Fsp3) is 0.714. The van der Waals surface area contributed by atoms with Gasteiger partial charge in [-0.15, -0.1) is 11.3 Å². The van der Waals surface area contributed by atoms with Crippen molar-refractivity contribution in [3.8, 4) is 0 Å². The van der Waals surface area contributed by atoms with Crippen molar-refractivity contribution in [1.82, 2.24) is 10.2 Å². The minimum atomic E-state index is 1.10. The molecule has 2 rings (SSSR count). The van der Waals surface area contributed by atoms with E-state index in [9.17, 15) is 0 Å². The summed E-state index contributed by atoms with van der Waals surface area (Å²) in [6, 6.07) is 2.30. The lowest BCUT2D eigenvalue weighted by Crippen LogP contribution is -2.30. The number of hydrogen-bond acceptors (Lipinski definition) is 3. The Kier molecular flexibility index (Phi) is 5.49. The van der Waals surface area contributed by atoms with Gasteiger partial charge in [0.1, 0.15) is 0 Å². The van der Waals surface area contributed by atoms with Crippen LogP contribution in [0.25, 0.3) is 0 Å². The van der Waals surface area contributed by atoms with Crippen LogP contribution in [0.4, 0.5) is 0 Å². The second kappa shape index (κ2) is 7.14. The van der Waals surface area contributed by atoms with Crippen LogP contribution in [-0.4, -0.2) is 31.1 Å². The predicted molar refractivity (Wildman–Crippen MR) is 75.7 cm³/mol. The predicted octanol–water partition coefficient (Wildman–Crippen LogP) is 2.89. The zero-order chi connectivity index (χ0) is 11.9. The zero-order valence-electron chi connectivity index (χ0n) is 10.9. The average molecular weight is 252 g/mol. The lowest BCUT2D eigenvalue weighted by molar-refractivity contribution is 0.250. The molecule has 2 heterocycles. The molecule has 0 radical (unpaired) electrons. The Morgan fingerprint density at radius 2 is 2.29 bits per heavy atom. The van der Waals surface area contributed by atoms with E-state index in [4.69, 9.17) is 0 Å². The Hall–Kier alpha value is -0.380. The Labute approximate surface area is 109 Å². The van der Waals surface area contributed by atoms with E-state index >= 15 is 0 Å². The lowest BCUT2D eigenvalue weighted by Gasteiger charge is -2.26. The molecule has 1 aliphatic rings. The summed E-state index contributed by atoms with van der Waals surface area (Å²) in [4.78, 5) is 4.23. The van der Waals surface area contributed by atoms with Gasteiger partial charge in [0.25, 0.3) is 0 Å². The average Bonchev–Trinajstić information content (AvgIpc) is 2.81. The number of rotatable bonds is 7. The third-order valence-electron chi connectivity index (χ3n) is 3.46. The normalized spacial score (nSPS) is 16.1. The topological polar surface area (TPSA) is 15.3 Å². The molecule has 0 saturated heterocycles. The lowest BCUT2D eigenvalue weighted by atomic mass is 10.1. The molecule has 3 heteroatoms. The number of thiophene rings is 1. The summed E-state index contributed by atoms with van der Waals surface area (Å²) in [7, 11) is 0. The molecule has 0 amide bonds. The first-order valence-corrected chi connectivity index (χ1v) is 7.76. The quantitative estimate of drug-likeness (QED) is 0.751. The molecule has 1 aromatic heterocycles. The highest BCUT2D eigenvalue weighted by Crippen LogP contribution is 2.23. The molecule has 2 nitrogen and oxygen atoms in total. The van der Waals surface area contributed by atoms with Crippen molar-refractivity contribution in [1.29, 1.82) is 0 Å². The van der Waals surface area contributed by atoms with Gasteiger partial charge in [-0.25, -0.2) is 0 Å². The third-order valence-corrected chi connectivity index (χ3v) is 4.49. The Bertz CT molecular complexity index is 322. The van der Waals surface area contributed by atoms with Gasteiger partial charge in [0, 0.05) is 18.0 Å². The van der Waals surface area contributed by atoms with Crippen molar-refractivity contribution < 1.29 is 0 Å². The largest absolute Gasteiger partial charge is 0.317 e. The van der Waals surface area contributed by atoms with Gasteiger partial charge in [-0.1, -0.05) is 13.3 Å². The van der Waals surface area contributed by atoms with Gasteiger partial charge >= 0.3 is 0 Å². The van der Waals surface area contributed by atoms with Gasteiger partial charge < -0.3 is 5.32 Å². The van der Waals surface area contributed by atoms with Crippen LogP contribution < -0.4 is 5.32 Å². The number of nitrogens with one attached hydrogen (secondary N) is 1. The molecule has 17 heavy (non-hydrogen) atoms. The molecule has 1 aliphatic heterocycles. The van der Waals surface area contributed by atoms with E-state index in [0.717, 1.165) is 6.54 Å². The molecule has 0 fully saturated rings. The Morgan fingerprint density at radius 1 is 1.35 bits per heavy atom. The van der Waals surface area contributed by atoms with Crippen LogP contribution in [0.3, 0.4) is 0 Å². The van der Waals surface area contributed by atoms with Crippen molar-refractivity contribution in [2.75, 3.05) is 26.2 Å². The Balaban J connectivity index is 1.59. The monoisotopic (exact) mass is 252 g/mol. The summed E-state index contributed by atoms with van der Waals surface area (Å²) >= 11 is 1.93. The van der Waals surface area contributed by atoms with Gasteiger partial charge in [0.05, 0.1) is 0 Å². The minimum Gasteiger partial charge on any atom is -0.317 e. The van der Waals surface area contributed by atoms with Crippen LogP contribution >= 0.6 is 11.3 Å². The highest BCUT2D eigenvalue weighted by molar-refractivity contribution is 7.10. The van der Waals surface area contributed by atoms with Gasteiger partial charge in [-0.05, 0) is 55.9 Å². The van der Waals surface area contributed by atoms with E-state index in [1.165, 1.54) is 51.9 Å². The maximum Gasteiger partial charge on any atom is 0.0244 e. The number of unbranched alkanes of at least 4 members (excludes halogenated alkanes) is 2. The number of nitrogens with zero attached hydrogens (tertiary/aromatic N) is 1. The van der Waals surface area contributed by atoms with E-state index in [1.54, 1.807) is 10.4 Å². The van der Waals surface area contributed by atoms with Crippen molar-refractivity contribution in [3.05, 3.63) is 21.9 Å². The molecular weight excluding hydrogens is 228 g/mol. The molecule has 1 aromatic rings. The summed E-state index contributed by atoms with van der Waals surface area (Å²) in [5, 5.41) is 5.62. The summed E-state index contributed by atoms with van der Waals surface area (Å²) in [6.45, 7) is 8.19. The molecule has 0 unspecified atom stereocenters. The molecule has 96 valence electrons. The van der Waals surface area contributed by atoms with Gasteiger partial charge in [0.2, 0.25) is 0 Å². The van der Waals surface area contributed by atoms with E-state index in [1.807, 2.05) is 11.3 Å². The molecule has 0 aliphatic carbocycles. The van der Waals surface area contributed by atoms with Crippen molar-refractivity contribution in [2.24, 2.45) is 0 Å². The fourth-order valence-electron chi connectivity index (χ4n) is 2.44. The smallest absolute Gasteiger partial charge is 0.0244 e. The Morgan fingerprint density at radius 3 is 3.18 bits per heavy atom.